The van der Waals surface area contributed by atoms with Gasteiger partial charge in [0, 0.05) is 52.4 Å². The number of guanidine groups is 1. The fourth-order valence-electron chi connectivity index (χ4n) is 5.21. The molecule has 2 aliphatic heterocycles. The van der Waals surface area contributed by atoms with Crippen molar-refractivity contribution >= 4 is 29.9 Å². The molecule has 28 heavy (non-hydrogen) atoms. The molecule has 0 aromatic carbocycles. The summed E-state index contributed by atoms with van der Waals surface area (Å²) in [4.78, 5) is 12.7. The predicted molar refractivity (Wildman–Crippen MR) is 131 cm³/mol. The molecule has 1 saturated carbocycles. The van der Waals surface area contributed by atoms with Gasteiger partial charge >= 0.3 is 0 Å². The van der Waals surface area contributed by atoms with Gasteiger partial charge in [-0.2, -0.15) is 0 Å². The van der Waals surface area contributed by atoms with E-state index in [1.54, 1.807) is 0 Å². The van der Waals surface area contributed by atoms with Gasteiger partial charge in [-0.25, -0.2) is 0 Å². The summed E-state index contributed by atoms with van der Waals surface area (Å²) in [6.45, 7) is 16.3. The Morgan fingerprint density at radius 2 is 1.61 bits per heavy atom. The zero-order chi connectivity index (χ0) is 19.0. The molecule has 1 spiro atoms. The molecule has 3 aliphatic rings. The van der Waals surface area contributed by atoms with Crippen LogP contribution in [0, 0.1) is 5.41 Å². The number of likely N-dealkylation sites (N-methyl/N-ethyl adjacent to an activating group) is 1. The highest BCUT2D eigenvalue weighted by Crippen LogP contribution is 2.43. The minimum absolute atomic E-state index is 0. The summed E-state index contributed by atoms with van der Waals surface area (Å²) in [5.41, 5.74) is 0.606. The van der Waals surface area contributed by atoms with E-state index in [-0.39, 0.29) is 24.0 Å². The van der Waals surface area contributed by atoms with Crippen LogP contribution in [-0.4, -0.2) is 86.1 Å². The molecule has 2 saturated heterocycles. The fourth-order valence-corrected chi connectivity index (χ4v) is 5.21. The molecule has 3 rings (SSSR count). The van der Waals surface area contributed by atoms with Crippen LogP contribution in [0.4, 0.5) is 0 Å². The van der Waals surface area contributed by atoms with Crippen molar-refractivity contribution in [1.82, 2.24) is 20.0 Å². The molecule has 0 aromatic rings. The largest absolute Gasteiger partial charge is 0.357 e. The van der Waals surface area contributed by atoms with Crippen LogP contribution in [0.15, 0.2) is 4.99 Å². The van der Waals surface area contributed by atoms with Crippen LogP contribution in [0.2, 0.25) is 0 Å². The highest BCUT2D eigenvalue weighted by Gasteiger charge is 2.39. The molecule has 6 heteroatoms. The first-order valence-corrected chi connectivity index (χ1v) is 11.7. The highest BCUT2D eigenvalue weighted by atomic mass is 127. The van der Waals surface area contributed by atoms with Gasteiger partial charge in [-0.15, -0.1) is 24.0 Å². The first-order valence-electron chi connectivity index (χ1n) is 11.7. The van der Waals surface area contributed by atoms with Gasteiger partial charge in [-0.3, -0.25) is 4.99 Å². The van der Waals surface area contributed by atoms with Crippen molar-refractivity contribution in [1.29, 1.82) is 0 Å². The van der Waals surface area contributed by atoms with Crippen molar-refractivity contribution in [2.45, 2.75) is 65.2 Å². The van der Waals surface area contributed by atoms with Crippen molar-refractivity contribution in [3.8, 4) is 0 Å². The molecule has 0 radical (unpaired) electrons. The summed E-state index contributed by atoms with van der Waals surface area (Å²) in [6.07, 6.45) is 11.1. The van der Waals surface area contributed by atoms with Crippen molar-refractivity contribution in [2.75, 3.05) is 65.4 Å². The second-order valence-corrected chi connectivity index (χ2v) is 8.95. The third kappa shape index (κ3) is 7.01. The molecular formula is C22H44IN5. The van der Waals surface area contributed by atoms with Gasteiger partial charge in [0.1, 0.15) is 0 Å². The molecule has 0 bridgehead atoms. The number of likely N-dealkylation sites (tertiary alicyclic amines) is 1. The van der Waals surface area contributed by atoms with E-state index in [2.05, 4.69) is 33.9 Å². The van der Waals surface area contributed by atoms with E-state index in [0.29, 0.717) is 5.41 Å². The lowest BCUT2D eigenvalue weighted by molar-refractivity contribution is 0.136. The Balaban J connectivity index is 0.00000280. The zero-order valence-corrected chi connectivity index (χ0v) is 20.8. The Labute approximate surface area is 190 Å². The first kappa shape index (κ1) is 24.2. The van der Waals surface area contributed by atoms with E-state index < -0.39 is 0 Å². The molecule has 164 valence electrons. The molecule has 5 nitrogen and oxygen atoms in total. The quantitative estimate of drug-likeness (QED) is 0.248. The van der Waals surface area contributed by atoms with Gasteiger partial charge in [0.25, 0.3) is 0 Å². The van der Waals surface area contributed by atoms with Gasteiger partial charge in [-0.05, 0) is 57.5 Å². The highest BCUT2D eigenvalue weighted by molar-refractivity contribution is 14.0. The molecule has 1 aliphatic carbocycles. The van der Waals surface area contributed by atoms with E-state index in [1.807, 2.05) is 0 Å². The monoisotopic (exact) mass is 505 g/mol. The standard InChI is InChI=1S/C22H43N5.HI/c1-3-23-21(27-15-12-22(20-27)10-6-5-7-11-22)24-13-8-9-14-26-18-16-25(4-2)17-19-26;/h3-20H2,1-2H3,(H,23,24);1H. The van der Waals surface area contributed by atoms with Crippen molar-refractivity contribution in [2.24, 2.45) is 10.4 Å². The lowest BCUT2D eigenvalue weighted by atomic mass is 9.73. The molecule has 0 unspecified atom stereocenters. The summed E-state index contributed by atoms with van der Waals surface area (Å²) >= 11 is 0. The number of halogens is 1. The number of hydrogen-bond acceptors (Lipinski definition) is 3. The summed E-state index contributed by atoms with van der Waals surface area (Å²) in [5, 5.41) is 3.56. The molecule has 3 fully saturated rings. The summed E-state index contributed by atoms with van der Waals surface area (Å²) < 4.78 is 0. The number of nitrogens with one attached hydrogen (secondary N) is 1. The Kier molecular flexibility index (Phi) is 10.9. The smallest absolute Gasteiger partial charge is 0.193 e. The number of nitrogens with zero attached hydrogens (tertiary/aromatic N) is 4. The van der Waals surface area contributed by atoms with E-state index in [9.17, 15) is 0 Å². The molecule has 0 atom stereocenters. The van der Waals surface area contributed by atoms with Gasteiger partial charge in [0.15, 0.2) is 5.96 Å². The third-order valence-electron chi connectivity index (χ3n) is 7.04. The van der Waals surface area contributed by atoms with Crippen molar-refractivity contribution in [3.63, 3.8) is 0 Å². The number of rotatable bonds is 7. The maximum Gasteiger partial charge on any atom is 0.193 e. The number of piperazine rings is 1. The Hall–Kier alpha value is -0.0800. The normalized spacial score (nSPS) is 23.8. The van der Waals surface area contributed by atoms with Crippen LogP contribution < -0.4 is 5.32 Å². The average molecular weight is 506 g/mol. The number of hydrogen-bond donors (Lipinski definition) is 1. The van der Waals surface area contributed by atoms with Crippen LogP contribution in [0.5, 0.6) is 0 Å². The molecular weight excluding hydrogens is 461 g/mol. The SMILES string of the molecule is CCNC(=NCCCCN1CCN(CC)CC1)N1CCC2(CCCCC2)C1.I. The van der Waals surface area contributed by atoms with Crippen molar-refractivity contribution < 1.29 is 0 Å². The molecule has 0 aromatic heterocycles. The molecule has 0 amide bonds. The molecule has 1 N–H and O–H groups in total. The third-order valence-corrected chi connectivity index (χ3v) is 7.04. The first-order chi connectivity index (χ1) is 13.2. The lowest BCUT2D eigenvalue weighted by Crippen LogP contribution is -2.46. The van der Waals surface area contributed by atoms with Crippen LogP contribution in [0.25, 0.3) is 0 Å². The van der Waals surface area contributed by atoms with E-state index in [0.717, 1.165) is 13.1 Å². The maximum atomic E-state index is 4.99. The maximum absolute atomic E-state index is 4.99. The van der Waals surface area contributed by atoms with Crippen LogP contribution >= 0.6 is 24.0 Å². The summed E-state index contributed by atoms with van der Waals surface area (Å²) in [6, 6.07) is 0. The van der Waals surface area contributed by atoms with Crippen LogP contribution in [0.3, 0.4) is 0 Å². The van der Waals surface area contributed by atoms with E-state index in [4.69, 9.17) is 4.99 Å². The lowest BCUT2D eigenvalue weighted by Gasteiger charge is -2.34. The fraction of sp³-hybridized carbons (Fsp3) is 0.955. The van der Waals surface area contributed by atoms with Crippen LogP contribution in [-0.2, 0) is 0 Å². The van der Waals surface area contributed by atoms with Gasteiger partial charge in [-0.1, -0.05) is 26.2 Å². The second kappa shape index (κ2) is 12.6. The van der Waals surface area contributed by atoms with Crippen molar-refractivity contribution in [3.05, 3.63) is 0 Å². The Morgan fingerprint density at radius 1 is 0.893 bits per heavy atom. The Morgan fingerprint density at radius 3 is 2.29 bits per heavy atom. The summed E-state index contributed by atoms with van der Waals surface area (Å²) in [5.74, 6) is 1.18. The second-order valence-electron chi connectivity index (χ2n) is 8.95. The van der Waals surface area contributed by atoms with E-state index in [1.165, 1.54) is 110 Å². The van der Waals surface area contributed by atoms with Gasteiger partial charge in [0.05, 0.1) is 0 Å². The number of aliphatic imine (C=N–C) groups is 1. The molecule has 2 heterocycles. The Bertz CT molecular complexity index is 456. The average Bonchev–Trinajstić information content (AvgIpc) is 3.11. The van der Waals surface area contributed by atoms with E-state index >= 15 is 0 Å². The minimum Gasteiger partial charge on any atom is -0.357 e. The number of unbranched alkanes of at least 4 members (excludes halogenated alkanes) is 1. The van der Waals surface area contributed by atoms with Crippen LogP contribution in [0.1, 0.15) is 65.2 Å². The van der Waals surface area contributed by atoms with Gasteiger partial charge in [0.2, 0.25) is 0 Å². The predicted octanol–water partition coefficient (Wildman–Crippen LogP) is 3.64. The summed E-state index contributed by atoms with van der Waals surface area (Å²) in [7, 11) is 0. The minimum atomic E-state index is 0. The van der Waals surface area contributed by atoms with Gasteiger partial charge < -0.3 is 20.0 Å². The topological polar surface area (TPSA) is 34.1 Å². The zero-order valence-electron chi connectivity index (χ0n) is 18.4.